The van der Waals surface area contributed by atoms with Gasteiger partial charge in [-0.25, -0.2) is 0 Å². The Morgan fingerprint density at radius 3 is 2.75 bits per heavy atom. The second-order valence-corrected chi connectivity index (χ2v) is 5.13. The SMILES string of the molecule is COCCNCc1cccc(OCCOCC(C)C)c1. The third-order valence-electron chi connectivity index (χ3n) is 2.66. The molecule has 0 aliphatic rings. The summed E-state index contributed by atoms with van der Waals surface area (Å²) in [6, 6.07) is 8.13. The average Bonchev–Trinajstić information content (AvgIpc) is 2.43. The van der Waals surface area contributed by atoms with Crippen LogP contribution in [0.5, 0.6) is 5.75 Å². The minimum Gasteiger partial charge on any atom is -0.491 e. The second kappa shape index (κ2) is 10.7. The van der Waals surface area contributed by atoms with Crippen LogP contribution in [0.25, 0.3) is 0 Å². The van der Waals surface area contributed by atoms with Gasteiger partial charge in [0.1, 0.15) is 12.4 Å². The van der Waals surface area contributed by atoms with Crippen molar-refractivity contribution < 1.29 is 14.2 Å². The van der Waals surface area contributed by atoms with Crippen molar-refractivity contribution in [2.75, 3.05) is 40.1 Å². The topological polar surface area (TPSA) is 39.7 Å². The van der Waals surface area contributed by atoms with Gasteiger partial charge >= 0.3 is 0 Å². The van der Waals surface area contributed by atoms with Gasteiger partial charge in [0.15, 0.2) is 0 Å². The summed E-state index contributed by atoms with van der Waals surface area (Å²) >= 11 is 0. The van der Waals surface area contributed by atoms with Gasteiger partial charge in [0.25, 0.3) is 0 Å². The van der Waals surface area contributed by atoms with Gasteiger partial charge in [0, 0.05) is 26.8 Å². The van der Waals surface area contributed by atoms with Gasteiger partial charge in [-0.3, -0.25) is 0 Å². The third kappa shape index (κ3) is 8.15. The van der Waals surface area contributed by atoms with Crippen molar-refractivity contribution in [1.82, 2.24) is 5.32 Å². The van der Waals surface area contributed by atoms with E-state index in [1.165, 1.54) is 5.56 Å². The smallest absolute Gasteiger partial charge is 0.119 e. The van der Waals surface area contributed by atoms with Gasteiger partial charge in [0.05, 0.1) is 13.2 Å². The van der Waals surface area contributed by atoms with Crippen molar-refractivity contribution in [1.29, 1.82) is 0 Å². The van der Waals surface area contributed by atoms with E-state index >= 15 is 0 Å². The van der Waals surface area contributed by atoms with Crippen molar-refractivity contribution in [3.8, 4) is 5.75 Å². The minimum absolute atomic E-state index is 0.566. The summed E-state index contributed by atoms with van der Waals surface area (Å²) in [5.41, 5.74) is 1.21. The summed E-state index contributed by atoms with van der Waals surface area (Å²) < 4.78 is 16.2. The molecule has 20 heavy (non-hydrogen) atoms. The first kappa shape index (κ1) is 17.0. The maximum Gasteiger partial charge on any atom is 0.119 e. The summed E-state index contributed by atoms with van der Waals surface area (Å²) in [6.45, 7) is 8.69. The lowest BCUT2D eigenvalue weighted by molar-refractivity contribution is 0.0819. The molecule has 4 heteroatoms. The number of hydrogen-bond donors (Lipinski definition) is 1. The predicted octanol–water partition coefficient (Wildman–Crippen LogP) is 2.47. The zero-order valence-corrected chi connectivity index (χ0v) is 12.9. The van der Waals surface area contributed by atoms with Crippen LogP contribution in [0.1, 0.15) is 19.4 Å². The van der Waals surface area contributed by atoms with Crippen molar-refractivity contribution >= 4 is 0 Å². The summed E-state index contributed by atoms with van der Waals surface area (Å²) in [6.07, 6.45) is 0. The van der Waals surface area contributed by atoms with E-state index in [1.807, 2.05) is 12.1 Å². The number of methoxy groups -OCH3 is 1. The van der Waals surface area contributed by atoms with Crippen molar-refractivity contribution in [3.05, 3.63) is 29.8 Å². The van der Waals surface area contributed by atoms with E-state index in [-0.39, 0.29) is 0 Å². The van der Waals surface area contributed by atoms with Crippen LogP contribution in [0.4, 0.5) is 0 Å². The van der Waals surface area contributed by atoms with Gasteiger partial charge in [-0.15, -0.1) is 0 Å². The lowest BCUT2D eigenvalue weighted by Crippen LogP contribution is -2.18. The minimum atomic E-state index is 0.566. The van der Waals surface area contributed by atoms with Crippen molar-refractivity contribution in [3.63, 3.8) is 0 Å². The maximum absolute atomic E-state index is 5.68. The molecule has 0 unspecified atom stereocenters. The predicted molar refractivity (Wildman–Crippen MR) is 81.2 cm³/mol. The largest absolute Gasteiger partial charge is 0.491 e. The number of nitrogens with one attached hydrogen (secondary N) is 1. The Morgan fingerprint density at radius 1 is 1.15 bits per heavy atom. The Labute approximate surface area is 122 Å². The van der Waals surface area contributed by atoms with Crippen LogP contribution >= 0.6 is 0 Å². The molecule has 1 aromatic rings. The second-order valence-electron chi connectivity index (χ2n) is 5.13. The number of benzene rings is 1. The average molecular weight is 281 g/mol. The van der Waals surface area contributed by atoms with Crippen LogP contribution in [0.3, 0.4) is 0 Å². The molecule has 1 rings (SSSR count). The molecular formula is C16H27NO3. The Bertz CT molecular complexity index is 355. The molecule has 0 spiro atoms. The standard InChI is InChI=1S/C16H27NO3/c1-14(2)13-19-9-10-20-16-6-4-5-15(11-16)12-17-7-8-18-3/h4-6,11,14,17H,7-10,12-13H2,1-3H3. The molecule has 0 amide bonds. The van der Waals surface area contributed by atoms with Gasteiger partial charge < -0.3 is 19.5 Å². The Hall–Kier alpha value is -1.10. The summed E-state index contributed by atoms with van der Waals surface area (Å²) in [7, 11) is 1.71. The van der Waals surface area contributed by atoms with Gasteiger partial charge in [0.2, 0.25) is 0 Å². The fourth-order valence-corrected chi connectivity index (χ4v) is 1.69. The Kier molecular flexibility index (Phi) is 9.04. The highest BCUT2D eigenvalue weighted by molar-refractivity contribution is 5.28. The molecule has 0 bridgehead atoms. The molecule has 0 saturated carbocycles. The van der Waals surface area contributed by atoms with E-state index in [9.17, 15) is 0 Å². The van der Waals surface area contributed by atoms with E-state index in [0.29, 0.717) is 19.1 Å². The molecule has 0 saturated heterocycles. The number of hydrogen-bond acceptors (Lipinski definition) is 4. The molecule has 0 aromatic heterocycles. The molecule has 0 fully saturated rings. The molecule has 114 valence electrons. The highest BCUT2D eigenvalue weighted by Crippen LogP contribution is 2.13. The van der Waals surface area contributed by atoms with Crippen LogP contribution in [0.15, 0.2) is 24.3 Å². The summed E-state index contributed by atoms with van der Waals surface area (Å²) in [4.78, 5) is 0. The summed E-state index contributed by atoms with van der Waals surface area (Å²) in [5.74, 6) is 1.46. The lowest BCUT2D eigenvalue weighted by atomic mass is 10.2. The zero-order chi connectivity index (χ0) is 14.6. The molecule has 0 atom stereocenters. The van der Waals surface area contributed by atoms with Crippen LogP contribution in [0, 0.1) is 5.92 Å². The number of ether oxygens (including phenoxy) is 3. The lowest BCUT2D eigenvalue weighted by Gasteiger charge is -2.10. The van der Waals surface area contributed by atoms with Crippen LogP contribution < -0.4 is 10.1 Å². The Morgan fingerprint density at radius 2 is 2.00 bits per heavy atom. The maximum atomic E-state index is 5.68. The first-order valence-corrected chi connectivity index (χ1v) is 7.21. The molecule has 0 radical (unpaired) electrons. The van der Waals surface area contributed by atoms with Crippen LogP contribution in [-0.2, 0) is 16.0 Å². The van der Waals surface area contributed by atoms with Crippen molar-refractivity contribution in [2.45, 2.75) is 20.4 Å². The molecule has 1 N–H and O–H groups in total. The molecule has 0 aliphatic heterocycles. The van der Waals surface area contributed by atoms with E-state index < -0.39 is 0 Å². The van der Waals surface area contributed by atoms with E-state index in [0.717, 1.165) is 32.1 Å². The number of rotatable bonds is 11. The zero-order valence-electron chi connectivity index (χ0n) is 12.9. The third-order valence-corrected chi connectivity index (χ3v) is 2.66. The van der Waals surface area contributed by atoms with Gasteiger partial charge in [-0.1, -0.05) is 26.0 Å². The first-order chi connectivity index (χ1) is 9.72. The normalized spacial score (nSPS) is 11.0. The molecule has 0 heterocycles. The van der Waals surface area contributed by atoms with E-state index in [1.54, 1.807) is 7.11 Å². The molecular weight excluding hydrogens is 254 g/mol. The van der Waals surface area contributed by atoms with Crippen LogP contribution in [0.2, 0.25) is 0 Å². The van der Waals surface area contributed by atoms with E-state index in [2.05, 4.69) is 31.3 Å². The van der Waals surface area contributed by atoms with Gasteiger partial charge in [-0.05, 0) is 23.6 Å². The highest BCUT2D eigenvalue weighted by Gasteiger charge is 1.98. The fourth-order valence-electron chi connectivity index (χ4n) is 1.69. The molecule has 4 nitrogen and oxygen atoms in total. The van der Waals surface area contributed by atoms with Crippen LogP contribution in [-0.4, -0.2) is 40.1 Å². The first-order valence-electron chi connectivity index (χ1n) is 7.21. The fraction of sp³-hybridized carbons (Fsp3) is 0.625. The Balaban J connectivity index is 2.21. The quantitative estimate of drug-likeness (QED) is 0.633. The summed E-state index contributed by atoms with van der Waals surface area (Å²) in [5, 5.41) is 3.31. The molecule has 0 aliphatic carbocycles. The monoisotopic (exact) mass is 281 g/mol. The highest BCUT2D eigenvalue weighted by atomic mass is 16.5. The van der Waals surface area contributed by atoms with Gasteiger partial charge in [-0.2, -0.15) is 0 Å². The molecule has 1 aromatic carbocycles. The van der Waals surface area contributed by atoms with Crippen molar-refractivity contribution in [2.24, 2.45) is 5.92 Å². The van der Waals surface area contributed by atoms with E-state index in [4.69, 9.17) is 14.2 Å².